The lowest BCUT2D eigenvalue weighted by Gasteiger charge is -2.36. The van der Waals surface area contributed by atoms with Gasteiger partial charge in [0.2, 0.25) is 5.91 Å². The summed E-state index contributed by atoms with van der Waals surface area (Å²) in [6, 6.07) is 13.0. The molecule has 3 rings (SSSR count). The molecular weight excluding hydrogens is 415 g/mol. The molecule has 1 saturated heterocycles. The number of nitrogens with one attached hydrogen (secondary N) is 1. The summed E-state index contributed by atoms with van der Waals surface area (Å²) < 4.78 is 38.7. The van der Waals surface area contributed by atoms with Gasteiger partial charge < -0.3 is 9.74 Å². The van der Waals surface area contributed by atoms with E-state index in [0.717, 1.165) is 36.3 Å². The molecule has 9 heteroatoms. The molecule has 1 aliphatic heterocycles. The van der Waals surface area contributed by atoms with Crippen molar-refractivity contribution in [3.63, 3.8) is 0 Å². The van der Waals surface area contributed by atoms with Crippen LogP contribution < -0.4 is 15.2 Å². The number of alkyl halides is 3. The zero-order valence-electron chi connectivity index (χ0n) is 16.6. The number of halogens is 3. The number of hydrogen-bond donors (Lipinski definition) is 1. The summed E-state index contributed by atoms with van der Waals surface area (Å²) in [5.41, 5.74) is 2.30. The summed E-state index contributed by atoms with van der Waals surface area (Å²) in [5.74, 6) is 1.22. The molecule has 1 amide bonds. The summed E-state index contributed by atoms with van der Waals surface area (Å²) in [6.07, 6.45) is -4.32. The highest BCUT2D eigenvalue weighted by molar-refractivity contribution is 7.99. The largest absolute Gasteiger partial charge is 0.416 e. The molecule has 0 unspecified atom stereocenters. The fourth-order valence-electron chi connectivity index (χ4n) is 3.14. The monoisotopic (exact) mass is 439 g/mol. The van der Waals surface area contributed by atoms with Crippen LogP contribution in [0.1, 0.15) is 12.5 Å². The van der Waals surface area contributed by atoms with Gasteiger partial charge in [-0.2, -0.15) is 18.7 Å². The van der Waals surface area contributed by atoms with Gasteiger partial charge in [0.1, 0.15) is 0 Å². The van der Waals surface area contributed by atoms with E-state index in [-0.39, 0.29) is 5.91 Å². The van der Waals surface area contributed by atoms with E-state index in [0.29, 0.717) is 24.5 Å². The second-order valence-electron chi connectivity index (χ2n) is 6.96. The number of benzene rings is 2. The Bertz CT molecular complexity index is 838. The Balaban J connectivity index is 1.41. The fourth-order valence-corrected chi connectivity index (χ4v) is 4.05. The Labute approximate surface area is 178 Å². The summed E-state index contributed by atoms with van der Waals surface area (Å²) in [4.78, 5) is 21.4. The number of carbonyl (C=O) groups excluding carboxylic acids is 1. The van der Waals surface area contributed by atoms with Crippen LogP contribution in [0.5, 0.6) is 5.75 Å². The highest BCUT2D eigenvalue weighted by atomic mass is 32.2. The van der Waals surface area contributed by atoms with Crippen molar-refractivity contribution < 1.29 is 22.8 Å². The number of nitrogens with zero attached hydrogens (tertiary/aromatic N) is 2. The molecule has 5 nitrogen and oxygen atoms in total. The van der Waals surface area contributed by atoms with Crippen LogP contribution in [-0.4, -0.2) is 49.3 Å². The summed E-state index contributed by atoms with van der Waals surface area (Å²) in [5, 5.41) is 0. The lowest BCUT2D eigenvalue weighted by molar-refractivity contribution is -0.137. The van der Waals surface area contributed by atoms with Crippen LogP contribution in [0.4, 0.5) is 18.9 Å². The van der Waals surface area contributed by atoms with E-state index in [1.807, 2.05) is 17.0 Å². The second kappa shape index (κ2) is 10.1. The quantitative estimate of drug-likeness (QED) is 0.521. The van der Waals surface area contributed by atoms with Gasteiger partial charge in [0, 0.05) is 56.0 Å². The van der Waals surface area contributed by atoms with Gasteiger partial charge >= 0.3 is 6.18 Å². The maximum Gasteiger partial charge on any atom is 0.416 e. The maximum atomic E-state index is 12.9. The molecule has 30 heavy (non-hydrogen) atoms. The second-order valence-corrected chi connectivity index (χ2v) is 8.13. The Kier molecular flexibility index (Phi) is 7.49. The third-order valence-corrected chi connectivity index (χ3v) is 5.72. The lowest BCUT2D eigenvalue weighted by atomic mass is 10.1. The van der Waals surface area contributed by atoms with Gasteiger partial charge in [-0.1, -0.05) is 6.07 Å². The Morgan fingerprint density at radius 2 is 1.80 bits per heavy atom. The molecule has 1 heterocycles. The number of anilines is 1. The molecule has 0 aromatic heterocycles. The zero-order chi connectivity index (χ0) is 21.6. The van der Waals surface area contributed by atoms with Crippen LogP contribution >= 0.6 is 11.8 Å². The van der Waals surface area contributed by atoms with Gasteiger partial charge in [0.05, 0.1) is 5.56 Å². The lowest BCUT2D eigenvalue weighted by Crippen LogP contribution is -2.47. The molecule has 1 fully saturated rings. The van der Waals surface area contributed by atoms with E-state index in [4.69, 9.17) is 4.84 Å². The molecule has 2 aromatic rings. The third-order valence-electron chi connectivity index (χ3n) is 4.72. The maximum absolute atomic E-state index is 12.9. The molecule has 0 atom stereocenters. The molecular formula is C21H24F3N3O2S. The first kappa shape index (κ1) is 22.3. The summed E-state index contributed by atoms with van der Waals surface area (Å²) >= 11 is 1.73. The van der Waals surface area contributed by atoms with Crippen LogP contribution in [-0.2, 0) is 11.0 Å². The fraction of sp³-hybridized carbons (Fsp3) is 0.381. The summed E-state index contributed by atoms with van der Waals surface area (Å²) in [6.45, 7) is 5.35. The minimum absolute atomic E-state index is 0.262. The molecule has 0 aliphatic carbocycles. The number of piperazine rings is 1. The van der Waals surface area contributed by atoms with Gasteiger partial charge in [-0.3, -0.25) is 9.69 Å². The number of thioether (sulfide) groups is 1. The molecule has 1 aliphatic rings. The SMILES string of the molecule is CC(=O)NOc1ccc(SCCN2CCN(c3cccc(C(F)(F)F)c3)CC2)cc1. The van der Waals surface area contributed by atoms with E-state index in [2.05, 4.69) is 10.4 Å². The first-order valence-corrected chi connectivity index (χ1v) is 10.6. The molecule has 0 saturated carbocycles. The average Bonchev–Trinajstić information content (AvgIpc) is 2.73. The molecule has 0 bridgehead atoms. The number of rotatable bonds is 7. The van der Waals surface area contributed by atoms with Gasteiger partial charge in [-0.15, -0.1) is 11.8 Å². The highest BCUT2D eigenvalue weighted by Gasteiger charge is 2.31. The van der Waals surface area contributed by atoms with Crippen molar-refractivity contribution in [1.29, 1.82) is 0 Å². The number of hydroxylamine groups is 1. The summed E-state index contributed by atoms with van der Waals surface area (Å²) in [7, 11) is 0. The Hall–Kier alpha value is -2.39. The van der Waals surface area contributed by atoms with Crippen molar-refractivity contribution in [2.24, 2.45) is 0 Å². The topological polar surface area (TPSA) is 44.8 Å². The zero-order valence-corrected chi connectivity index (χ0v) is 17.4. The van der Waals surface area contributed by atoms with E-state index < -0.39 is 11.7 Å². The van der Waals surface area contributed by atoms with Crippen molar-refractivity contribution in [2.45, 2.75) is 18.0 Å². The smallest absolute Gasteiger partial charge is 0.380 e. The first-order chi connectivity index (χ1) is 14.3. The van der Waals surface area contributed by atoms with Gasteiger partial charge in [0.15, 0.2) is 5.75 Å². The molecule has 1 N–H and O–H groups in total. The van der Waals surface area contributed by atoms with Gasteiger partial charge in [-0.05, 0) is 42.5 Å². The standard InChI is InChI=1S/C21H24F3N3O2S/c1-16(28)25-29-19-5-7-20(8-6-19)30-14-13-26-9-11-27(12-10-26)18-4-2-3-17(15-18)21(22,23)24/h2-8,15H,9-14H2,1H3,(H,25,28). The van der Waals surface area contributed by atoms with Crippen LogP contribution in [0.15, 0.2) is 53.4 Å². The number of hydrogen-bond acceptors (Lipinski definition) is 5. The van der Waals surface area contributed by atoms with Crippen molar-refractivity contribution >= 4 is 23.4 Å². The van der Waals surface area contributed by atoms with Crippen LogP contribution in [0, 0.1) is 0 Å². The van der Waals surface area contributed by atoms with Gasteiger partial charge in [0.25, 0.3) is 0 Å². The van der Waals surface area contributed by atoms with E-state index in [1.54, 1.807) is 30.0 Å². The van der Waals surface area contributed by atoms with Crippen LogP contribution in [0.3, 0.4) is 0 Å². The molecule has 2 aromatic carbocycles. The number of amides is 1. The van der Waals surface area contributed by atoms with E-state index in [1.165, 1.54) is 19.1 Å². The third kappa shape index (κ3) is 6.56. The Morgan fingerprint density at radius 3 is 2.43 bits per heavy atom. The molecule has 0 spiro atoms. The van der Waals surface area contributed by atoms with Crippen molar-refractivity contribution in [2.75, 3.05) is 43.4 Å². The Morgan fingerprint density at radius 1 is 1.10 bits per heavy atom. The van der Waals surface area contributed by atoms with Crippen molar-refractivity contribution in [1.82, 2.24) is 10.4 Å². The predicted molar refractivity (Wildman–Crippen MR) is 112 cm³/mol. The molecule has 0 radical (unpaired) electrons. The number of carbonyl (C=O) groups is 1. The minimum Gasteiger partial charge on any atom is -0.380 e. The molecule has 162 valence electrons. The van der Waals surface area contributed by atoms with Crippen molar-refractivity contribution in [3.05, 3.63) is 54.1 Å². The van der Waals surface area contributed by atoms with Crippen LogP contribution in [0.2, 0.25) is 0 Å². The average molecular weight is 440 g/mol. The van der Waals surface area contributed by atoms with Crippen LogP contribution in [0.25, 0.3) is 0 Å². The highest BCUT2D eigenvalue weighted by Crippen LogP contribution is 2.32. The van der Waals surface area contributed by atoms with Crippen molar-refractivity contribution in [3.8, 4) is 5.75 Å². The minimum atomic E-state index is -4.32. The predicted octanol–water partition coefficient (Wildman–Crippen LogP) is 4.05. The normalized spacial score (nSPS) is 15.1. The van der Waals surface area contributed by atoms with E-state index >= 15 is 0 Å². The first-order valence-electron chi connectivity index (χ1n) is 9.62. The van der Waals surface area contributed by atoms with E-state index in [9.17, 15) is 18.0 Å². The van der Waals surface area contributed by atoms with Gasteiger partial charge in [-0.25, -0.2) is 0 Å².